The highest BCUT2D eigenvalue weighted by Gasteiger charge is 2.03. The van der Waals surface area contributed by atoms with Crippen LogP contribution in [0.4, 0.5) is 0 Å². The number of aromatic nitrogens is 3. The monoisotopic (exact) mass is 196 g/mol. The quantitative estimate of drug-likeness (QED) is 0.782. The van der Waals surface area contributed by atoms with Crippen molar-refractivity contribution >= 4 is 17.2 Å². The van der Waals surface area contributed by atoms with Crippen LogP contribution < -0.4 is 5.32 Å². The number of nitrogens with one attached hydrogen (secondary N) is 1. The lowest BCUT2D eigenvalue weighted by molar-refractivity contribution is 0.747. The summed E-state index contributed by atoms with van der Waals surface area (Å²) in [6.07, 6.45) is 1.81. The van der Waals surface area contributed by atoms with Gasteiger partial charge in [-0.15, -0.1) is 10.2 Å². The molecule has 1 N–H and O–H groups in total. The molecule has 0 saturated carbocycles. The van der Waals surface area contributed by atoms with E-state index in [0.29, 0.717) is 11.6 Å². The average Bonchev–Trinajstić information content (AvgIpc) is 2.49. The fourth-order valence-corrected chi connectivity index (χ4v) is 1.35. The molecule has 0 aliphatic carbocycles. The Kier molecular flexibility index (Phi) is 2.16. The van der Waals surface area contributed by atoms with Gasteiger partial charge in [-0.2, -0.15) is 0 Å². The van der Waals surface area contributed by atoms with Gasteiger partial charge in [-0.05, 0) is 19.2 Å². The maximum absolute atomic E-state index is 5.85. The fourth-order valence-electron chi connectivity index (χ4n) is 1.19. The zero-order chi connectivity index (χ0) is 9.26. The zero-order valence-corrected chi connectivity index (χ0v) is 7.91. The van der Waals surface area contributed by atoms with E-state index < -0.39 is 0 Å². The van der Waals surface area contributed by atoms with Crippen LogP contribution >= 0.6 is 11.6 Å². The van der Waals surface area contributed by atoms with Crippen molar-refractivity contribution in [3.63, 3.8) is 0 Å². The van der Waals surface area contributed by atoms with E-state index in [1.807, 2.05) is 23.7 Å². The number of nitrogens with zero attached hydrogens (tertiary/aromatic N) is 3. The summed E-state index contributed by atoms with van der Waals surface area (Å²) in [4.78, 5) is 0. The van der Waals surface area contributed by atoms with Gasteiger partial charge in [0.2, 0.25) is 0 Å². The standard InChI is InChI=1S/C8H9ClN4/c1-10-4-8-12-11-7-3-2-6(9)5-13(7)8/h2-3,5,10H,4H2,1H3. The van der Waals surface area contributed by atoms with Crippen LogP contribution in [0.25, 0.3) is 5.65 Å². The molecule has 5 heteroatoms. The van der Waals surface area contributed by atoms with Gasteiger partial charge in [-0.3, -0.25) is 4.40 Å². The Morgan fingerprint density at radius 3 is 3.08 bits per heavy atom. The Labute approximate surface area is 80.5 Å². The van der Waals surface area contributed by atoms with E-state index in [-0.39, 0.29) is 0 Å². The summed E-state index contributed by atoms with van der Waals surface area (Å²) in [6.45, 7) is 0.682. The lowest BCUT2D eigenvalue weighted by Gasteiger charge is -1.98. The third-order valence-corrected chi connectivity index (χ3v) is 2.00. The normalized spacial score (nSPS) is 10.9. The number of halogens is 1. The number of hydrogen-bond donors (Lipinski definition) is 1. The SMILES string of the molecule is CNCc1nnc2ccc(Cl)cn12. The van der Waals surface area contributed by atoms with Gasteiger partial charge in [0.05, 0.1) is 11.6 Å². The van der Waals surface area contributed by atoms with Crippen LogP contribution in [0.5, 0.6) is 0 Å². The first kappa shape index (κ1) is 8.47. The fraction of sp³-hybridized carbons (Fsp3) is 0.250. The molecule has 0 aromatic carbocycles. The summed E-state index contributed by atoms with van der Waals surface area (Å²) in [5.41, 5.74) is 0.814. The minimum absolute atomic E-state index is 0.682. The van der Waals surface area contributed by atoms with Crippen molar-refractivity contribution in [2.24, 2.45) is 0 Å². The predicted octanol–water partition coefficient (Wildman–Crippen LogP) is 1.10. The Morgan fingerprint density at radius 2 is 2.31 bits per heavy atom. The molecule has 0 saturated heterocycles. The second-order valence-corrected chi connectivity index (χ2v) is 3.16. The zero-order valence-electron chi connectivity index (χ0n) is 7.16. The van der Waals surface area contributed by atoms with Gasteiger partial charge in [0, 0.05) is 6.20 Å². The van der Waals surface area contributed by atoms with Gasteiger partial charge in [-0.25, -0.2) is 0 Å². The Balaban J connectivity index is 2.58. The van der Waals surface area contributed by atoms with Crippen LogP contribution in [0.3, 0.4) is 0 Å². The third-order valence-electron chi connectivity index (χ3n) is 1.77. The highest BCUT2D eigenvalue weighted by Crippen LogP contribution is 2.10. The predicted molar refractivity (Wildman–Crippen MR) is 50.8 cm³/mol. The molecule has 13 heavy (non-hydrogen) atoms. The van der Waals surface area contributed by atoms with Crippen LogP contribution in [-0.2, 0) is 6.54 Å². The lowest BCUT2D eigenvalue weighted by Crippen LogP contribution is -2.08. The molecule has 2 heterocycles. The molecule has 68 valence electrons. The Bertz CT molecular complexity index is 423. The van der Waals surface area contributed by atoms with E-state index in [9.17, 15) is 0 Å². The summed E-state index contributed by atoms with van der Waals surface area (Å²) in [6, 6.07) is 3.64. The van der Waals surface area contributed by atoms with E-state index >= 15 is 0 Å². The summed E-state index contributed by atoms with van der Waals surface area (Å²) in [7, 11) is 1.87. The van der Waals surface area contributed by atoms with Crippen LogP contribution in [0, 0.1) is 0 Å². The summed E-state index contributed by atoms with van der Waals surface area (Å²) in [5.74, 6) is 0.861. The molecule has 0 fully saturated rings. The van der Waals surface area contributed by atoms with Gasteiger partial charge in [0.15, 0.2) is 11.5 Å². The first-order chi connectivity index (χ1) is 6.31. The van der Waals surface area contributed by atoms with Crippen molar-refractivity contribution in [1.29, 1.82) is 0 Å². The van der Waals surface area contributed by atoms with Crippen molar-refractivity contribution in [2.45, 2.75) is 6.54 Å². The summed E-state index contributed by atoms with van der Waals surface area (Å²) >= 11 is 5.85. The Morgan fingerprint density at radius 1 is 1.46 bits per heavy atom. The van der Waals surface area contributed by atoms with E-state index in [2.05, 4.69) is 15.5 Å². The topological polar surface area (TPSA) is 42.2 Å². The van der Waals surface area contributed by atoms with Gasteiger partial charge in [0.25, 0.3) is 0 Å². The molecule has 0 bridgehead atoms. The molecule has 4 nitrogen and oxygen atoms in total. The lowest BCUT2D eigenvalue weighted by atomic mass is 10.4. The van der Waals surface area contributed by atoms with Gasteiger partial charge in [0.1, 0.15) is 0 Å². The molecule has 0 spiro atoms. The van der Waals surface area contributed by atoms with Crippen molar-refractivity contribution < 1.29 is 0 Å². The second-order valence-electron chi connectivity index (χ2n) is 2.72. The van der Waals surface area contributed by atoms with Crippen LogP contribution in [0.2, 0.25) is 5.02 Å². The first-order valence-corrected chi connectivity index (χ1v) is 4.33. The van der Waals surface area contributed by atoms with Crippen LogP contribution in [0.15, 0.2) is 18.3 Å². The second kappa shape index (κ2) is 3.32. The number of pyridine rings is 1. The molecule has 0 aliphatic heterocycles. The van der Waals surface area contributed by atoms with Crippen molar-refractivity contribution in [3.8, 4) is 0 Å². The number of fused-ring (bicyclic) bond motifs is 1. The number of hydrogen-bond acceptors (Lipinski definition) is 3. The van der Waals surface area contributed by atoms with Gasteiger partial charge >= 0.3 is 0 Å². The summed E-state index contributed by atoms with van der Waals surface area (Å²) in [5, 5.41) is 11.7. The van der Waals surface area contributed by atoms with Gasteiger partial charge in [-0.1, -0.05) is 11.6 Å². The smallest absolute Gasteiger partial charge is 0.160 e. The molecule has 0 atom stereocenters. The first-order valence-electron chi connectivity index (χ1n) is 3.95. The highest BCUT2D eigenvalue weighted by atomic mass is 35.5. The van der Waals surface area contributed by atoms with E-state index in [1.165, 1.54) is 0 Å². The van der Waals surface area contributed by atoms with Crippen LogP contribution in [0.1, 0.15) is 5.82 Å². The van der Waals surface area contributed by atoms with E-state index in [0.717, 1.165) is 11.5 Å². The van der Waals surface area contributed by atoms with Crippen molar-refractivity contribution in [1.82, 2.24) is 19.9 Å². The molecule has 2 aromatic heterocycles. The van der Waals surface area contributed by atoms with E-state index in [1.54, 1.807) is 6.07 Å². The van der Waals surface area contributed by atoms with Crippen LogP contribution in [-0.4, -0.2) is 21.6 Å². The highest BCUT2D eigenvalue weighted by molar-refractivity contribution is 6.30. The number of rotatable bonds is 2. The van der Waals surface area contributed by atoms with Crippen molar-refractivity contribution in [2.75, 3.05) is 7.05 Å². The maximum Gasteiger partial charge on any atom is 0.160 e. The van der Waals surface area contributed by atoms with Gasteiger partial charge < -0.3 is 5.32 Å². The molecule has 0 aliphatic rings. The average molecular weight is 197 g/mol. The third kappa shape index (κ3) is 1.50. The Hall–Kier alpha value is -1.13. The summed E-state index contributed by atoms with van der Waals surface area (Å²) < 4.78 is 1.87. The largest absolute Gasteiger partial charge is 0.313 e. The molecule has 0 unspecified atom stereocenters. The van der Waals surface area contributed by atoms with Crippen molar-refractivity contribution in [3.05, 3.63) is 29.2 Å². The molecular weight excluding hydrogens is 188 g/mol. The minimum Gasteiger partial charge on any atom is -0.313 e. The molecular formula is C8H9ClN4. The minimum atomic E-state index is 0.682. The maximum atomic E-state index is 5.85. The molecule has 2 rings (SSSR count). The molecule has 2 aromatic rings. The van der Waals surface area contributed by atoms with E-state index in [4.69, 9.17) is 11.6 Å². The molecule has 0 amide bonds. The molecule has 0 radical (unpaired) electrons.